The van der Waals surface area contributed by atoms with E-state index < -0.39 is 17.6 Å². The van der Waals surface area contributed by atoms with Crippen LogP contribution >= 0.6 is 0 Å². The predicted molar refractivity (Wildman–Crippen MR) is 140 cm³/mol. The maximum atomic E-state index is 15.3. The summed E-state index contributed by atoms with van der Waals surface area (Å²) in [5, 5.41) is 13.9. The van der Waals surface area contributed by atoms with E-state index in [9.17, 15) is 14.3 Å². The number of nitrogens with one attached hydrogen (secondary N) is 1. The molecule has 6 rings (SSSR count). The number of carbonyl (C=O) groups is 1. The zero-order valence-electron chi connectivity index (χ0n) is 21.2. The molecule has 1 atom stereocenters. The van der Waals surface area contributed by atoms with E-state index in [1.807, 2.05) is 25.1 Å². The molecular formula is C29H32F2N4O2. The van der Waals surface area contributed by atoms with E-state index in [1.54, 1.807) is 12.2 Å². The van der Waals surface area contributed by atoms with Gasteiger partial charge in [0.2, 0.25) is 0 Å². The van der Waals surface area contributed by atoms with Gasteiger partial charge in [0, 0.05) is 61.2 Å². The van der Waals surface area contributed by atoms with Gasteiger partial charge in [-0.15, -0.1) is 0 Å². The maximum absolute atomic E-state index is 15.3. The number of halogens is 2. The molecule has 1 aromatic carbocycles. The molecule has 2 aliphatic carbocycles. The fraction of sp³-hybridized carbons (Fsp3) is 0.448. The minimum Gasteiger partial charge on any atom is -0.481 e. The SMILES string of the molecule is CC(C(=O)O)[C@H]1CC[C@H](N2CC=C(C3=C4NN=C5C=Cc6cc(F)c(F)c(c65)C4=CN(C)C3)CC2)CC1. The van der Waals surface area contributed by atoms with Crippen molar-refractivity contribution in [1.82, 2.24) is 15.2 Å². The van der Waals surface area contributed by atoms with Crippen molar-refractivity contribution >= 4 is 23.3 Å². The Morgan fingerprint density at radius 1 is 1.19 bits per heavy atom. The summed E-state index contributed by atoms with van der Waals surface area (Å²) >= 11 is 0. The number of rotatable bonds is 4. The van der Waals surface area contributed by atoms with Gasteiger partial charge in [-0.25, -0.2) is 8.78 Å². The Hall–Kier alpha value is -3.26. The summed E-state index contributed by atoms with van der Waals surface area (Å²) < 4.78 is 29.8. The average molecular weight is 507 g/mol. The second kappa shape index (κ2) is 9.24. The summed E-state index contributed by atoms with van der Waals surface area (Å²) in [7, 11) is 1.96. The van der Waals surface area contributed by atoms with Crippen molar-refractivity contribution in [1.29, 1.82) is 0 Å². The molecule has 1 aromatic rings. The topological polar surface area (TPSA) is 68.2 Å². The molecule has 8 heteroatoms. The van der Waals surface area contributed by atoms with Crippen LogP contribution in [0.4, 0.5) is 8.78 Å². The number of hydrazone groups is 1. The lowest BCUT2D eigenvalue weighted by atomic mass is 9.78. The molecule has 1 saturated carbocycles. The van der Waals surface area contributed by atoms with Gasteiger partial charge in [-0.3, -0.25) is 15.1 Å². The number of aliphatic carboxylic acids is 1. The molecule has 0 amide bonds. The molecule has 0 radical (unpaired) electrons. The quantitative estimate of drug-likeness (QED) is 0.617. The standard InChI is InChI=1S/C29H32F2N4O2/c1-16(29(36)37)17-3-6-20(7-4-17)35-11-9-18(10-12-35)21-14-34(2)15-22-26-25-19(13-23(30)27(26)31)5-8-24(25)32-33-28(21)22/h5,8-9,13,15-17,20,33H,3-4,6-7,10-12,14H2,1-2H3,(H,36,37)/t16?,17-,20-. The van der Waals surface area contributed by atoms with Crippen LogP contribution in [-0.4, -0.2) is 59.3 Å². The number of hydrogen-bond acceptors (Lipinski definition) is 5. The van der Waals surface area contributed by atoms with Gasteiger partial charge >= 0.3 is 5.97 Å². The van der Waals surface area contributed by atoms with E-state index in [-0.39, 0.29) is 17.4 Å². The molecule has 2 N–H and O–H groups in total. The van der Waals surface area contributed by atoms with E-state index in [0.717, 1.165) is 56.5 Å². The van der Waals surface area contributed by atoms with Crippen LogP contribution in [0.3, 0.4) is 0 Å². The number of benzene rings is 1. The lowest BCUT2D eigenvalue weighted by molar-refractivity contribution is -0.143. The Labute approximate surface area is 215 Å². The van der Waals surface area contributed by atoms with Crippen molar-refractivity contribution < 1.29 is 18.7 Å². The van der Waals surface area contributed by atoms with Crippen molar-refractivity contribution in [3.05, 3.63) is 69.6 Å². The maximum Gasteiger partial charge on any atom is 0.306 e. The van der Waals surface area contributed by atoms with Crippen LogP contribution in [0.5, 0.6) is 0 Å². The Bertz CT molecular complexity index is 1320. The second-order valence-electron chi connectivity index (χ2n) is 10.9. The average Bonchev–Trinajstić information content (AvgIpc) is 3.21. The van der Waals surface area contributed by atoms with Crippen LogP contribution in [0.15, 0.2) is 46.4 Å². The first kappa shape index (κ1) is 24.1. The Balaban J connectivity index is 1.26. The van der Waals surface area contributed by atoms with Crippen molar-refractivity contribution in [2.24, 2.45) is 16.9 Å². The fourth-order valence-corrected chi connectivity index (χ4v) is 6.63. The molecule has 5 aliphatic rings. The summed E-state index contributed by atoms with van der Waals surface area (Å²) in [6.45, 7) is 4.25. The number of hydrogen-bond donors (Lipinski definition) is 2. The minimum absolute atomic E-state index is 0.265. The third-order valence-corrected chi connectivity index (χ3v) is 8.80. The fourth-order valence-electron chi connectivity index (χ4n) is 6.63. The summed E-state index contributed by atoms with van der Waals surface area (Å²) in [5.74, 6) is -2.40. The number of likely N-dealkylation sites (N-methyl/N-ethyl adjacent to an activating group) is 1. The van der Waals surface area contributed by atoms with Crippen molar-refractivity contribution in [2.45, 2.75) is 45.1 Å². The highest BCUT2D eigenvalue weighted by molar-refractivity contribution is 6.20. The van der Waals surface area contributed by atoms with Crippen LogP contribution in [0.1, 0.15) is 55.7 Å². The first-order valence-corrected chi connectivity index (χ1v) is 13.2. The summed E-state index contributed by atoms with van der Waals surface area (Å²) in [4.78, 5) is 15.9. The highest BCUT2D eigenvalue weighted by atomic mass is 19.2. The Morgan fingerprint density at radius 2 is 1.97 bits per heavy atom. The van der Waals surface area contributed by atoms with Gasteiger partial charge in [0.15, 0.2) is 11.6 Å². The lowest BCUT2D eigenvalue weighted by Crippen LogP contribution is -2.42. The molecule has 37 heavy (non-hydrogen) atoms. The molecule has 194 valence electrons. The van der Waals surface area contributed by atoms with Gasteiger partial charge in [0.1, 0.15) is 0 Å². The summed E-state index contributed by atoms with van der Waals surface area (Å²) in [6, 6.07) is 1.72. The normalized spacial score (nSPS) is 25.9. The Kier molecular flexibility index (Phi) is 6.02. The third kappa shape index (κ3) is 4.11. The van der Waals surface area contributed by atoms with Gasteiger partial charge in [-0.1, -0.05) is 19.1 Å². The molecule has 0 aromatic heterocycles. The number of carboxylic acid groups (broad SMARTS) is 1. The number of allylic oxidation sites excluding steroid dienone is 2. The molecule has 1 fully saturated rings. The van der Waals surface area contributed by atoms with Gasteiger partial charge < -0.3 is 10.0 Å². The zero-order chi connectivity index (χ0) is 25.8. The van der Waals surface area contributed by atoms with Crippen LogP contribution in [0, 0.1) is 23.5 Å². The predicted octanol–water partition coefficient (Wildman–Crippen LogP) is 4.75. The largest absolute Gasteiger partial charge is 0.481 e. The molecular weight excluding hydrogens is 474 g/mol. The lowest BCUT2D eigenvalue weighted by Gasteiger charge is -2.40. The monoisotopic (exact) mass is 506 g/mol. The molecule has 0 bridgehead atoms. The number of nitrogens with zero attached hydrogens (tertiary/aromatic N) is 3. The van der Waals surface area contributed by atoms with E-state index in [1.165, 1.54) is 11.6 Å². The van der Waals surface area contributed by atoms with Crippen LogP contribution in [-0.2, 0) is 4.79 Å². The van der Waals surface area contributed by atoms with Gasteiger partial charge in [0.05, 0.1) is 17.3 Å². The van der Waals surface area contributed by atoms with Crippen molar-refractivity contribution in [3.63, 3.8) is 0 Å². The van der Waals surface area contributed by atoms with Crippen molar-refractivity contribution in [3.8, 4) is 0 Å². The number of fused-ring (bicyclic) bond motifs is 2. The smallest absolute Gasteiger partial charge is 0.306 e. The summed E-state index contributed by atoms with van der Waals surface area (Å²) in [5.41, 5.74) is 9.05. The molecule has 3 aliphatic heterocycles. The zero-order valence-corrected chi connectivity index (χ0v) is 21.2. The molecule has 0 spiro atoms. The summed E-state index contributed by atoms with van der Waals surface area (Å²) in [6.07, 6.45) is 12.6. The number of carboxylic acids is 1. The van der Waals surface area contributed by atoms with E-state index in [2.05, 4.69) is 21.5 Å². The molecule has 3 heterocycles. The third-order valence-electron chi connectivity index (χ3n) is 8.80. The molecule has 0 saturated heterocycles. The van der Waals surface area contributed by atoms with Crippen LogP contribution in [0.25, 0.3) is 11.6 Å². The molecule has 6 nitrogen and oxygen atoms in total. The molecule has 1 unspecified atom stereocenters. The highest BCUT2D eigenvalue weighted by Gasteiger charge is 2.35. The van der Waals surface area contributed by atoms with Crippen LogP contribution < -0.4 is 5.43 Å². The first-order valence-electron chi connectivity index (χ1n) is 13.2. The minimum atomic E-state index is -0.850. The van der Waals surface area contributed by atoms with E-state index >= 15 is 4.39 Å². The van der Waals surface area contributed by atoms with Gasteiger partial charge in [-0.2, -0.15) is 5.10 Å². The van der Waals surface area contributed by atoms with Gasteiger partial charge in [0.25, 0.3) is 0 Å². The van der Waals surface area contributed by atoms with Crippen molar-refractivity contribution in [2.75, 3.05) is 26.7 Å². The van der Waals surface area contributed by atoms with E-state index in [0.29, 0.717) is 35.0 Å². The highest BCUT2D eigenvalue weighted by Crippen LogP contribution is 2.41. The second-order valence-corrected chi connectivity index (χ2v) is 10.9. The van der Waals surface area contributed by atoms with Gasteiger partial charge in [-0.05, 0) is 61.3 Å². The van der Waals surface area contributed by atoms with E-state index in [4.69, 9.17) is 0 Å². The van der Waals surface area contributed by atoms with Crippen LogP contribution in [0.2, 0.25) is 0 Å². The Morgan fingerprint density at radius 3 is 2.68 bits per heavy atom. The first-order chi connectivity index (χ1) is 17.8.